The summed E-state index contributed by atoms with van der Waals surface area (Å²) in [6.45, 7) is 0.349. The van der Waals surface area contributed by atoms with Crippen LogP contribution in [0, 0.1) is 11.8 Å². The molecule has 4 heteroatoms. The largest absolute Gasteiger partial charge is 0.493 e. The van der Waals surface area contributed by atoms with Crippen molar-refractivity contribution in [3.05, 3.63) is 23.3 Å². The Morgan fingerprint density at radius 1 is 1.17 bits per heavy atom. The number of carbonyl (C=O) groups excluding carboxylic acids is 1. The molecule has 0 amide bonds. The predicted molar refractivity (Wildman–Crippen MR) is 94.7 cm³/mol. The highest BCUT2D eigenvalue weighted by Crippen LogP contribution is 2.49. The minimum atomic E-state index is -0.588. The number of hydrogen-bond acceptors (Lipinski definition) is 4. The van der Waals surface area contributed by atoms with Crippen LogP contribution in [0.5, 0.6) is 11.5 Å². The number of benzene rings is 1. The second kappa shape index (κ2) is 7.14. The Bertz CT molecular complexity index is 595. The van der Waals surface area contributed by atoms with E-state index in [4.69, 9.17) is 15.2 Å². The molecule has 0 aromatic heterocycles. The van der Waals surface area contributed by atoms with Gasteiger partial charge in [-0.3, -0.25) is 0 Å². The first-order valence-corrected chi connectivity index (χ1v) is 9.10. The van der Waals surface area contributed by atoms with Crippen LogP contribution >= 0.6 is 0 Å². The van der Waals surface area contributed by atoms with Crippen LogP contribution in [-0.4, -0.2) is 27.1 Å². The van der Waals surface area contributed by atoms with Gasteiger partial charge < -0.3 is 20.0 Å². The summed E-state index contributed by atoms with van der Waals surface area (Å²) in [6, 6.07) is 3.90. The Hall–Kier alpha value is -1.55. The van der Waals surface area contributed by atoms with Gasteiger partial charge in [0.2, 0.25) is 0 Å². The number of ether oxygens (including phenoxy) is 2. The second-order valence-electron chi connectivity index (χ2n) is 7.37. The molecule has 24 heavy (non-hydrogen) atoms. The van der Waals surface area contributed by atoms with Gasteiger partial charge in [-0.15, -0.1) is 0 Å². The molecule has 0 bridgehead atoms. The first kappa shape index (κ1) is 17.3. The molecule has 0 radical (unpaired) electrons. The van der Waals surface area contributed by atoms with Gasteiger partial charge in [0.25, 0.3) is 0 Å². The molecule has 3 rings (SSSR count). The van der Waals surface area contributed by atoms with Crippen molar-refractivity contribution < 1.29 is 14.3 Å². The van der Waals surface area contributed by atoms with Gasteiger partial charge >= 0.3 is 0 Å². The number of methoxy groups -OCH3 is 2. The highest BCUT2D eigenvalue weighted by atomic mass is 16.5. The molecule has 4 nitrogen and oxygen atoms in total. The smallest absolute Gasteiger partial charge is 0.164 e. The summed E-state index contributed by atoms with van der Waals surface area (Å²) in [5.41, 5.74) is 7.68. The van der Waals surface area contributed by atoms with Crippen molar-refractivity contribution in [3.63, 3.8) is 0 Å². The number of hydrogen-bond donors (Lipinski definition) is 1. The highest BCUT2D eigenvalue weighted by molar-refractivity contribution is 5.73. The molecule has 2 N–H and O–H groups in total. The first-order chi connectivity index (χ1) is 11.7. The molecule has 0 aliphatic heterocycles. The Morgan fingerprint density at radius 3 is 2.50 bits per heavy atom. The van der Waals surface area contributed by atoms with Crippen molar-refractivity contribution in [2.24, 2.45) is 17.6 Å². The van der Waals surface area contributed by atoms with Crippen LogP contribution < -0.4 is 15.2 Å². The SMILES string of the molecule is COc1ccc2c(c1OC)C[C@H](C1CCCCC1)C[C@]2(C=O)CN. The summed E-state index contributed by atoms with van der Waals surface area (Å²) in [5, 5.41) is 0. The summed E-state index contributed by atoms with van der Waals surface area (Å²) in [7, 11) is 3.33. The first-order valence-electron chi connectivity index (χ1n) is 9.10. The van der Waals surface area contributed by atoms with E-state index in [-0.39, 0.29) is 0 Å². The molecule has 1 fully saturated rings. The monoisotopic (exact) mass is 331 g/mol. The van der Waals surface area contributed by atoms with Crippen molar-refractivity contribution >= 4 is 6.29 Å². The molecule has 1 aromatic rings. The summed E-state index contributed by atoms with van der Waals surface area (Å²) in [4.78, 5) is 12.1. The van der Waals surface area contributed by atoms with Gasteiger partial charge in [-0.25, -0.2) is 0 Å². The van der Waals surface area contributed by atoms with E-state index >= 15 is 0 Å². The number of carbonyl (C=O) groups is 1. The van der Waals surface area contributed by atoms with E-state index in [9.17, 15) is 4.79 Å². The van der Waals surface area contributed by atoms with E-state index in [1.807, 2.05) is 12.1 Å². The molecular weight excluding hydrogens is 302 g/mol. The maximum Gasteiger partial charge on any atom is 0.164 e. The third-order valence-electron chi connectivity index (χ3n) is 6.18. The van der Waals surface area contributed by atoms with Gasteiger partial charge in [-0.1, -0.05) is 38.2 Å². The third kappa shape index (κ3) is 2.81. The summed E-state index contributed by atoms with van der Waals surface area (Å²) in [6.07, 6.45) is 9.38. The minimum absolute atomic E-state index is 0.349. The zero-order valence-electron chi connectivity index (χ0n) is 14.8. The van der Waals surface area contributed by atoms with Gasteiger partial charge in [0.15, 0.2) is 11.5 Å². The van der Waals surface area contributed by atoms with Gasteiger partial charge in [-0.2, -0.15) is 0 Å². The predicted octanol–water partition coefficient (Wildman–Crippen LogP) is 3.24. The van der Waals surface area contributed by atoms with Crippen LogP contribution in [0.2, 0.25) is 0 Å². The van der Waals surface area contributed by atoms with E-state index in [1.165, 1.54) is 32.1 Å². The van der Waals surface area contributed by atoms with E-state index in [0.717, 1.165) is 41.8 Å². The lowest BCUT2D eigenvalue weighted by Gasteiger charge is -2.42. The summed E-state index contributed by atoms with van der Waals surface area (Å²) >= 11 is 0. The molecule has 0 heterocycles. The maximum atomic E-state index is 12.1. The molecule has 2 aliphatic carbocycles. The number of nitrogens with two attached hydrogens (primary N) is 1. The normalized spacial score (nSPS) is 27.4. The Labute approximate surface area is 144 Å². The van der Waals surface area contributed by atoms with E-state index in [0.29, 0.717) is 18.4 Å². The van der Waals surface area contributed by atoms with Crippen LogP contribution in [-0.2, 0) is 16.6 Å². The van der Waals surface area contributed by atoms with E-state index < -0.39 is 5.41 Å². The zero-order valence-corrected chi connectivity index (χ0v) is 14.8. The quantitative estimate of drug-likeness (QED) is 0.842. The van der Waals surface area contributed by atoms with Gasteiger partial charge in [0, 0.05) is 12.1 Å². The summed E-state index contributed by atoms with van der Waals surface area (Å²) in [5.74, 6) is 2.69. The lowest BCUT2D eigenvalue weighted by atomic mass is 9.62. The minimum Gasteiger partial charge on any atom is -0.493 e. The van der Waals surface area contributed by atoms with Crippen LogP contribution in [0.1, 0.15) is 49.7 Å². The number of aldehydes is 1. The molecule has 1 aromatic carbocycles. The molecule has 0 unspecified atom stereocenters. The van der Waals surface area contributed by atoms with Crippen LogP contribution in [0.3, 0.4) is 0 Å². The van der Waals surface area contributed by atoms with Crippen LogP contribution in [0.15, 0.2) is 12.1 Å². The van der Waals surface area contributed by atoms with Gasteiger partial charge in [0.05, 0.1) is 19.6 Å². The van der Waals surface area contributed by atoms with Gasteiger partial charge in [0.1, 0.15) is 6.29 Å². The third-order valence-corrected chi connectivity index (χ3v) is 6.18. The lowest BCUT2D eigenvalue weighted by molar-refractivity contribution is -0.113. The van der Waals surface area contributed by atoms with Crippen molar-refractivity contribution in [1.82, 2.24) is 0 Å². The average Bonchev–Trinajstić information content (AvgIpc) is 2.66. The molecule has 0 spiro atoms. The fraction of sp³-hybridized carbons (Fsp3) is 0.650. The maximum absolute atomic E-state index is 12.1. The van der Waals surface area contributed by atoms with E-state index in [2.05, 4.69) is 0 Å². The Kier molecular flexibility index (Phi) is 5.14. The highest BCUT2D eigenvalue weighted by Gasteiger charge is 2.43. The van der Waals surface area contributed by atoms with E-state index in [1.54, 1.807) is 14.2 Å². The standard InChI is InChI=1S/C20H29NO3/c1-23-18-9-8-17-16(19(18)24-2)10-15(11-20(17,12-21)13-22)14-6-4-3-5-7-14/h8-9,13-15H,3-7,10-12,21H2,1-2H3/t15-,20+/m0/s1. The molecular formula is C20H29NO3. The molecule has 1 saturated carbocycles. The summed E-state index contributed by atoms with van der Waals surface area (Å²) < 4.78 is 11.1. The van der Waals surface area contributed by atoms with Crippen molar-refractivity contribution in [2.75, 3.05) is 20.8 Å². The number of fused-ring (bicyclic) bond motifs is 1. The Balaban J connectivity index is 2.07. The van der Waals surface area contributed by atoms with Crippen LogP contribution in [0.4, 0.5) is 0 Å². The average molecular weight is 331 g/mol. The fourth-order valence-corrected chi connectivity index (χ4v) is 4.86. The molecule has 0 saturated heterocycles. The van der Waals surface area contributed by atoms with Crippen molar-refractivity contribution in [1.29, 1.82) is 0 Å². The topological polar surface area (TPSA) is 61.5 Å². The fourth-order valence-electron chi connectivity index (χ4n) is 4.86. The van der Waals surface area contributed by atoms with Crippen molar-refractivity contribution in [2.45, 2.75) is 50.4 Å². The lowest BCUT2D eigenvalue weighted by Crippen LogP contribution is -2.44. The zero-order chi connectivity index (χ0) is 17.2. The second-order valence-corrected chi connectivity index (χ2v) is 7.37. The van der Waals surface area contributed by atoms with Crippen molar-refractivity contribution in [3.8, 4) is 11.5 Å². The Morgan fingerprint density at radius 2 is 1.92 bits per heavy atom. The number of rotatable bonds is 5. The molecule has 132 valence electrons. The molecule has 2 atom stereocenters. The van der Waals surface area contributed by atoms with Crippen LogP contribution in [0.25, 0.3) is 0 Å². The van der Waals surface area contributed by atoms with Gasteiger partial charge in [-0.05, 0) is 36.3 Å². The molecule has 2 aliphatic rings.